The molecule has 0 aromatic rings. The molecule has 0 aromatic heterocycles. The van der Waals surface area contributed by atoms with Crippen LogP contribution in [0.25, 0.3) is 0 Å². The number of nitrogens with one attached hydrogen (secondary N) is 5. The number of carbonyl (C=O) groups excluding carboxylic acids is 6. The van der Waals surface area contributed by atoms with Crippen molar-refractivity contribution < 1.29 is 47.7 Å². The minimum Gasteiger partial charge on any atom is -0.444 e. The maximum Gasteiger partial charge on any atom is 0.407 e. The summed E-state index contributed by atoms with van der Waals surface area (Å²) >= 11 is 0. The van der Waals surface area contributed by atoms with E-state index in [0.29, 0.717) is 32.3 Å². The highest BCUT2D eigenvalue weighted by Gasteiger charge is 2.39. The summed E-state index contributed by atoms with van der Waals surface area (Å²) in [6.07, 6.45) is 7.55. The van der Waals surface area contributed by atoms with E-state index in [2.05, 4.69) is 33.5 Å². The molecule has 332 valence electrons. The van der Waals surface area contributed by atoms with Gasteiger partial charge in [0.05, 0.1) is 45.0 Å². The fraction of sp³-hybridized carbons (Fsp3) is 0.857. The van der Waals surface area contributed by atoms with Crippen LogP contribution >= 0.6 is 0 Å². The Morgan fingerprint density at radius 2 is 1.50 bits per heavy atom. The first-order valence-corrected chi connectivity index (χ1v) is 21.7. The zero-order chi connectivity index (χ0) is 43.0. The summed E-state index contributed by atoms with van der Waals surface area (Å²) in [4.78, 5) is 85.3. The molecule has 2 aliphatic heterocycles. The van der Waals surface area contributed by atoms with Gasteiger partial charge in [0.25, 0.3) is 0 Å². The fourth-order valence-electron chi connectivity index (χ4n) is 7.45. The second-order valence-electron chi connectivity index (χ2n) is 17.9. The van der Waals surface area contributed by atoms with Gasteiger partial charge in [-0.1, -0.05) is 72.6 Å². The van der Waals surface area contributed by atoms with Crippen molar-refractivity contribution in [3.05, 3.63) is 0 Å². The van der Waals surface area contributed by atoms with E-state index in [0.717, 1.165) is 44.9 Å². The maximum atomic E-state index is 14.4. The third kappa shape index (κ3) is 17.0. The molecule has 1 unspecified atom stereocenters. The number of alkyl carbamates (subject to hydrolysis) is 1. The first-order valence-electron chi connectivity index (χ1n) is 21.7. The van der Waals surface area contributed by atoms with E-state index in [1.807, 2.05) is 20.8 Å². The number of amides is 6. The van der Waals surface area contributed by atoms with Gasteiger partial charge < -0.3 is 50.4 Å². The third-order valence-corrected chi connectivity index (χ3v) is 10.9. The number of unbranched alkanes of at least 4 members (excludes halogenated alkanes) is 3. The molecule has 3 rings (SSSR count). The minimum atomic E-state index is -1.38. The monoisotopic (exact) mass is 823 g/mol. The van der Waals surface area contributed by atoms with Crippen molar-refractivity contribution >= 4 is 35.6 Å². The van der Waals surface area contributed by atoms with Crippen LogP contribution in [0.1, 0.15) is 126 Å². The number of hydrogen-bond acceptors (Lipinski definition) is 10. The second kappa shape index (κ2) is 23.9. The molecule has 0 spiro atoms. The zero-order valence-electron chi connectivity index (χ0n) is 36.6. The summed E-state index contributed by atoms with van der Waals surface area (Å²) in [5.74, 6) is -3.45. The highest BCUT2D eigenvalue weighted by molar-refractivity contribution is 5.96. The third-order valence-electron chi connectivity index (χ3n) is 10.9. The van der Waals surface area contributed by atoms with Crippen LogP contribution in [0, 0.1) is 17.8 Å². The molecule has 3 fully saturated rings. The van der Waals surface area contributed by atoms with Gasteiger partial charge in [-0.2, -0.15) is 0 Å². The SMILES string of the molecule is CCCCCC[C@H]1OC[C@@H](C)NC(=O)[C@H](COCC2CO2)NC(=O)[C@H](CNC(=O)OC(C)(C)C)NC(=O)[C@H](C2CCCCC2)NC(=O)[C@H](CC(C)C)N(C)C(=O)[C@@H]1C. The van der Waals surface area contributed by atoms with Gasteiger partial charge in [-0.05, 0) is 65.2 Å². The highest BCUT2D eigenvalue weighted by atomic mass is 16.6. The molecular formula is C42H74N6O10. The Balaban J connectivity index is 2.05. The lowest BCUT2D eigenvalue weighted by Crippen LogP contribution is -2.62. The van der Waals surface area contributed by atoms with Crippen LogP contribution in [0.15, 0.2) is 0 Å². The number of ether oxygens (including phenoxy) is 4. The molecule has 16 nitrogen and oxygen atoms in total. The number of likely N-dealkylation sites (N-methyl/N-ethyl adjacent to an activating group) is 1. The van der Waals surface area contributed by atoms with Crippen LogP contribution in [-0.2, 0) is 42.9 Å². The van der Waals surface area contributed by atoms with Gasteiger partial charge in [-0.25, -0.2) is 4.79 Å². The van der Waals surface area contributed by atoms with Gasteiger partial charge in [-0.15, -0.1) is 0 Å². The molecule has 3 aliphatic rings. The maximum absolute atomic E-state index is 14.4. The van der Waals surface area contributed by atoms with E-state index < -0.39 is 77.6 Å². The van der Waals surface area contributed by atoms with Crippen molar-refractivity contribution in [3.8, 4) is 0 Å². The molecule has 0 bridgehead atoms. The van der Waals surface area contributed by atoms with Gasteiger partial charge >= 0.3 is 6.09 Å². The summed E-state index contributed by atoms with van der Waals surface area (Å²) < 4.78 is 22.8. The molecule has 16 heteroatoms. The van der Waals surface area contributed by atoms with Crippen LogP contribution in [0.5, 0.6) is 0 Å². The molecule has 2 saturated heterocycles. The number of hydrogen-bond donors (Lipinski definition) is 5. The zero-order valence-corrected chi connectivity index (χ0v) is 36.6. The van der Waals surface area contributed by atoms with Crippen LogP contribution in [0.4, 0.5) is 4.79 Å². The Hall–Kier alpha value is -3.50. The summed E-state index contributed by atoms with van der Waals surface area (Å²) in [5.41, 5.74) is -0.830. The topological polar surface area (TPSA) is 206 Å². The second-order valence-corrected chi connectivity index (χ2v) is 17.9. The van der Waals surface area contributed by atoms with Crippen molar-refractivity contribution in [3.63, 3.8) is 0 Å². The summed E-state index contributed by atoms with van der Waals surface area (Å²) in [6, 6.07) is -5.03. The first-order chi connectivity index (χ1) is 27.4. The number of epoxide rings is 1. The van der Waals surface area contributed by atoms with E-state index in [-0.39, 0.29) is 50.2 Å². The van der Waals surface area contributed by atoms with E-state index >= 15 is 0 Å². The summed E-state index contributed by atoms with van der Waals surface area (Å²) in [5, 5.41) is 14.0. The molecule has 5 N–H and O–H groups in total. The summed E-state index contributed by atoms with van der Waals surface area (Å²) in [6.45, 7) is 15.0. The molecular weight excluding hydrogens is 748 g/mol. The lowest BCUT2D eigenvalue weighted by Gasteiger charge is -2.36. The molecule has 6 amide bonds. The van der Waals surface area contributed by atoms with Gasteiger partial charge in [-0.3, -0.25) is 24.0 Å². The normalized spacial score (nSPS) is 29.0. The van der Waals surface area contributed by atoms with Crippen LogP contribution in [0.2, 0.25) is 0 Å². The standard InChI is InChI=1S/C42H74N6O10/c1-10-11-12-16-19-34-28(5)40(53)48(9)33(20-26(2)3)38(51)47-35(29-17-14-13-15-18-29)39(52)45-31(21-43-41(54)58-42(6,7)8)36(49)46-32(25-55-23-30-24-56-30)37(50)44-27(4)22-57-34/h26-35H,10-25H2,1-9H3,(H,43,54)(H,44,50)(H,45,52)(H,46,49)(H,47,51)/t27-,28-,30?,31+,32+,33+,34-,35+/m1/s1. The average Bonchev–Trinajstić information content (AvgIpc) is 3.99. The Labute approximate surface area is 346 Å². The fourth-order valence-corrected chi connectivity index (χ4v) is 7.45. The van der Waals surface area contributed by atoms with Crippen molar-refractivity contribution in [1.29, 1.82) is 0 Å². The van der Waals surface area contributed by atoms with Gasteiger partial charge in [0.2, 0.25) is 29.5 Å². The van der Waals surface area contributed by atoms with Crippen LogP contribution in [0.3, 0.4) is 0 Å². The van der Waals surface area contributed by atoms with Crippen molar-refractivity contribution in [2.75, 3.05) is 40.0 Å². The number of nitrogens with zero attached hydrogens (tertiary/aromatic N) is 1. The van der Waals surface area contributed by atoms with Crippen LogP contribution in [-0.4, -0.2) is 129 Å². The lowest BCUT2D eigenvalue weighted by molar-refractivity contribution is -0.147. The van der Waals surface area contributed by atoms with E-state index in [4.69, 9.17) is 18.9 Å². The summed E-state index contributed by atoms with van der Waals surface area (Å²) in [7, 11) is 1.63. The average molecular weight is 823 g/mol. The highest BCUT2D eigenvalue weighted by Crippen LogP contribution is 2.28. The molecule has 2 heterocycles. The molecule has 0 aromatic carbocycles. The number of carbonyl (C=O) groups is 6. The van der Waals surface area contributed by atoms with E-state index in [9.17, 15) is 28.8 Å². The quantitative estimate of drug-likeness (QED) is 0.128. The van der Waals surface area contributed by atoms with Crippen molar-refractivity contribution in [2.24, 2.45) is 17.8 Å². The Morgan fingerprint density at radius 3 is 2.12 bits per heavy atom. The van der Waals surface area contributed by atoms with Gasteiger partial charge in [0.15, 0.2) is 0 Å². The Morgan fingerprint density at radius 1 is 0.845 bits per heavy atom. The largest absolute Gasteiger partial charge is 0.444 e. The van der Waals surface area contributed by atoms with Crippen molar-refractivity contribution in [2.45, 2.75) is 174 Å². The van der Waals surface area contributed by atoms with Crippen LogP contribution < -0.4 is 26.6 Å². The van der Waals surface area contributed by atoms with Gasteiger partial charge in [0.1, 0.15) is 35.9 Å². The Kier molecular flexibility index (Phi) is 20.2. The lowest BCUT2D eigenvalue weighted by atomic mass is 9.83. The van der Waals surface area contributed by atoms with Gasteiger partial charge in [0, 0.05) is 13.1 Å². The predicted octanol–water partition coefficient (Wildman–Crippen LogP) is 3.34. The first kappa shape index (κ1) is 48.9. The molecule has 1 saturated carbocycles. The van der Waals surface area contributed by atoms with Crippen molar-refractivity contribution in [1.82, 2.24) is 31.5 Å². The van der Waals surface area contributed by atoms with E-state index in [1.165, 1.54) is 4.90 Å². The minimum absolute atomic E-state index is 0.0381. The molecule has 58 heavy (non-hydrogen) atoms. The molecule has 1 aliphatic carbocycles. The Bertz CT molecular complexity index is 1350. The number of rotatable bonds is 14. The molecule has 0 radical (unpaired) electrons. The molecule has 8 atom stereocenters. The predicted molar refractivity (Wildman–Crippen MR) is 218 cm³/mol. The smallest absolute Gasteiger partial charge is 0.407 e. The van der Waals surface area contributed by atoms with E-state index in [1.54, 1.807) is 34.7 Å².